The third kappa shape index (κ3) is 3.37. The Kier molecular flexibility index (Phi) is 6.05. The van der Waals surface area contributed by atoms with Gasteiger partial charge in [-0.1, -0.05) is 59.2 Å². The predicted molar refractivity (Wildman–Crippen MR) is 169 cm³/mol. The van der Waals surface area contributed by atoms with Gasteiger partial charge >= 0.3 is 11.8 Å². The number of rotatable bonds is 5. The molecule has 0 saturated carbocycles. The van der Waals surface area contributed by atoms with Gasteiger partial charge in [-0.2, -0.15) is 32.1 Å². The van der Waals surface area contributed by atoms with Gasteiger partial charge in [0, 0.05) is 35.2 Å². The maximum atomic E-state index is 16.4. The van der Waals surface area contributed by atoms with Crippen molar-refractivity contribution in [1.82, 2.24) is 9.78 Å². The quantitative estimate of drug-likeness (QED) is 0.142. The zero-order valence-electron chi connectivity index (χ0n) is 26.9. The molecule has 0 saturated heterocycles. The van der Waals surface area contributed by atoms with E-state index in [-0.39, 0.29) is 5.82 Å². The molecule has 0 N–H and O–H groups in total. The molecular formula is C38H38F4N4+2. The molecular weight excluding hydrogens is 588 g/mol. The minimum absolute atomic E-state index is 0.260. The monoisotopic (exact) mass is 626 g/mol. The van der Waals surface area contributed by atoms with Crippen molar-refractivity contribution >= 4 is 10.8 Å². The Morgan fingerprint density at radius 1 is 0.935 bits per heavy atom. The number of pyridine rings is 2. The topological polar surface area (TPSA) is 25.6 Å². The number of halogens is 4. The van der Waals surface area contributed by atoms with E-state index in [4.69, 9.17) is 0 Å². The molecule has 2 aliphatic heterocycles. The summed E-state index contributed by atoms with van der Waals surface area (Å²) in [4.78, 5) is 0. The van der Waals surface area contributed by atoms with E-state index in [0.717, 1.165) is 47.0 Å². The molecule has 0 amide bonds. The summed E-state index contributed by atoms with van der Waals surface area (Å²) in [5.41, 5.74) is 3.51. The van der Waals surface area contributed by atoms with Gasteiger partial charge in [-0.15, -0.1) is 0 Å². The summed E-state index contributed by atoms with van der Waals surface area (Å²) in [6, 6.07) is 16.9. The summed E-state index contributed by atoms with van der Waals surface area (Å²) < 4.78 is 65.5. The minimum Gasteiger partial charge on any atom is -0.207 e. The van der Waals surface area contributed by atoms with Crippen molar-refractivity contribution in [2.24, 2.45) is 0 Å². The number of nitrogens with zero attached hydrogens (tertiary/aromatic N) is 4. The molecule has 1 spiro atoms. The van der Waals surface area contributed by atoms with Crippen LogP contribution in [-0.2, 0) is 35.6 Å². The number of aromatic nitrogens is 4. The van der Waals surface area contributed by atoms with Crippen molar-refractivity contribution in [3.05, 3.63) is 101 Å². The molecule has 8 rings (SSSR count). The average molecular weight is 627 g/mol. The number of fused-ring (bicyclic) bond motifs is 5. The lowest BCUT2D eigenvalue weighted by Crippen LogP contribution is -2.73. The molecule has 2 aromatic carbocycles. The van der Waals surface area contributed by atoms with E-state index in [1.807, 2.05) is 30.5 Å². The molecule has 4 nitrogen and oxygen atoms in total. The van der Waals surface area contributed by atoms with Crippen molar-refractivity contribution < 1.29 is 26.7 Å². The van der Waals surface area contributed by atoms with Crippen molar-refractivity contribution in [2.75, 3.05) is 0 Å². The van der Waals surface area contributed by atoms with Gasteiger partial charge in [-0.05, 0) is 59.9 Å². The number of alkyl halides is 3. The van der Waals surface area contributed by atoms with Crippen molar-refractivity contribution in [1.29, 1.82) is 0 Å². The molecule has 8 heteroatoms. The Morgan fingerprint density at radius 2 is 1.70 bits per heavy atom. The van der Waals surface area contributed by atoms with Gasteiger partial charge in [-0.25, -0.2) is 4.39 Å². The normalized spacial score (nSPS) is 19.8. The molecule has 1 atom stereocenters. The average Bonchev–Trinajstić information content (AvgIpc) is 3.56. The fraction of sp³-hybridized carbons (Fsp3) is 0.395. The van der Waals surface area contributed by atoms with E-state index in [0.29, 0.717) is 36.3 Å². The molecule has 3 aromatic heterocycles. The Morgan fingerprint density at radius 3 is 2.41 bits per heavy atom. The third-order valence-corrected chi connectivity index (χ3v) is 11.5. The van der Waals surface area contributed by atoms with Crippen molar-refractivity contribution in [2.45, 2.75) is 95.9 Å². The molecule has 1 unspecified atom stereocenters. The highest BCUT2D eigenvalue weighted by molar-refractivity contribution is 6.02. The van der Waals surface area contributed by atoms with Crippen LogP contribution in [0.4, 0.5) is 17.6 Å². The first-order valence-electron chi connectivity index (χ1n) is 16.5. The van der Waals surface area contributed by atoms with Crippen LogP contribution in [0.5, 0.6) is 0 Å². The second-order valence-electron chi connectivity index (χ2n) is 13.8. The molecule has 0 radical (unpaired) electrons. The van der Waals surface area contributed by atoms with Crippen molar-refractivity contribution in [3.8, 4) is 22.6 Å². The van der Waals surface area contributed by atoms with Crippen LogP contribution >= 0.6 is 0 Å². The number of unbranched alkanes of at least 4 members (excludes halogenated alkanes) is 1. The number of hydrogen-bond donors (Lipinski definition) is 0. The van der Waals surface area contributed by atoms with E-state index >= 15 is 4.39 Å². The summed E-state index contributed by atoms with van der Waals surface area (Å²) in [6.45, 7) is 10.9. The largest absolute Gasteiger partial charge is 0.435 e. The number of aryl methyl sites for hydroxylation is 1. The SMILES string of the molecule is CCCCc1ccc2c3c4[n+](ccc13)CC1(n3nc(C(F)(F)F)cc3-c3cccc[n+]31)C(CC)(CC)c1ccc(F)c(c1-4)C2(C)C. The maximum absolute atomic E-state index is 16.4. The zero-order valence-corrected chi connectivity index (χ0v) is 26.9. The zero-order chi connectivity index (χ0) is 32.4. The first-order valence-corrected chi connectivity index (χ1v) is 16.5. The minimum atomic E-state index is -4.60. The summed E-state index contributed by atoms with van der Waals surface area (Å²) in [5, 5.41) is 6.69. The maximum Gasteiger partial charge on any atom is 0.435 e. The summed E-state index contributed by atoms with van der Waals surface area (Å²) in [5.74, 6) is -0.260. The lowest BCUT2D eigenvalue weighted by atomic mass is 9.61. The molecule has 0 bridgehead atoms. The Labute approximate surface area is 266 Å². The van der Waals surface area contributed by atoms with Crippen LogP contribution < -0.4 is 9.13 Å². The second kappa shape index (κ2) is 9.49. The van der Waals surface area contributed by atoms with E-state index in [1.54, 1.807) is 10.7 Å². The highest BCUT2D eigenvalue weighted by Gasteiger charge is 2.70. The molecule has 0 fully saturated rings. The van der Waals surface area contributed by atoms with E-state index in [1.165, 1.54) is 17.0 Å². The molecule has 5 aromatic rings. The van der Waals surface area contributed by atoms with Gasteiger partial charge in [0.05, 0.1) is 16.4 Å². The van der Waals surface area contributed by atoms with Gasteiger partial charge in [0.25, 0.3) is 0 Å². The number of benzene rings is 2. The summed E-state index contributed by atoms with van der Waals surface area (Å²) >= 11 is 0. The van der Waals surface area contributed by atoms with Crippen LogP contribution in [0.2, 0.25) is 0 Å². The fourth-order valence-corrected chi connectivity index (χ4v) is 9.40. The Balaban J connectivity index is 1.58. The molecule has 46 heavy (non-hydrogen) atoms. The van der Waals surface area contributed by atoms with Crippen LogP contribution in [0.25, 0.3) is 33.4 Å². The van der Waals surface area contributed by atoms with E-state index < -0.39 is 28.4 Å². The van der Waals surface area contributed by atoms with Crippen LogP contribution in [0.15, 0.2) is 67.0 Å². The lowest BCUT2D eigenvalue weighted by molar-refractivity contribution is -0.831. The fourth-order valence-electron chi connectivity index (χ4n) is 9.40. The van der Waals surface area contributed by atoms with Crippen LogP contribution in [0.1, 0.15) is 88.2 Å². The van der Waals surface area contributed by atoms with Gasteiger partial charge in [-0.3, -0.25) is 0 Å². The van der Waals surface area contributed by atoms with Gasteiger partial charge in [0.15, 0.2) is 18.1 Å². The van der Waals surface area contributed by atoms with Crippen molar-refractivity contribution in [3.63, 3.8) is 0 Å². The molecule has 5 heterocycles. The molecule has 236 valence electrons. The molecule has 3 aliphatic rings. The second-order valence-corrected chi connectivity index (χ2v) is 13.8. The standard InChI is InChI=1S/C38H38F4N4/c1-6-9-12-23-14-15-25-31-24(23)18-20-44-22-37(45-19-11-10-13-28(45)29-21-30(38(40,41)42)43-46(29)37)36(7-2,8-3)26-16-17-27(39)33(35(25,4)5)32(26)34(31)44/h10-11,13-21H,6-9,12,22H2,1-5H3/q+2. The first-order chi connectivity index (χ1) is 22.0. The van der Waals surface area contributed by atoms with Gasteiger partial charge in [0.1, 0.15) is 11.5 Å². The van der Waals surface area contributed by atoms with Crippen LogP contribution in [-0.4, -0.2) is 9.78 Å². The van der Waals surface area contributed by atoms with Crippen LogP contribution in [0, 0.1) is 5.82 Å². The predicted octanol–water partition coefficient (Wildman–Crippen LogP) is 8.37. The molecule has 1 aliphatic carbocycles. The van der Waals surface area contributed by atoms with Crippen LogP contribution in [0.3, 0.4) is 0 Å². The highest BCUT2D eigenvalue weighted by Crippen LogP contribution is 2.58. The van der Waals surface area contributed by atoms with Gasteiger partial charge in [0.2, 0.25) is 17.9 Å². The summed E-state index contributed by atoms with van der Waals surface area (Å²) in [6.07, 6.45) is 3.74. The Bertz CT molecular complexity index is 2090. The highest BCUT2D eigenvalue weighted by atomic mass is 19.4. The smallest absolute Gasteiger partial charge is 0.207 e. The number of hydrogen-bond acceptors (Lipinski definition) is 1. The lowest BCUT2D eigenvalue weighted by Gasteiger charge is -2.42. The third-order valence-electron chi connectivity index (χ3n) is 11.5. The Hall–Kier alpha value is -4.07. The summed E-state index contributed by atoms with van der Waals surface area (Å²) in [7, 11) is 0. The van der Waals surface area contributed by atoms with Gasteiger partial charge < -0.3 is 0 Å². The van der Waals surface area contributed by atoms with E-state index in [9.17, 15) is 13.2 Å². The first kappa shape index (κ1) is 29.3. The van der Waals surface area contributed by atoms with E-state index in [2.05, 4.69) is 73.2 Å².